The van der Waals surface area contributed by atoms with Crippen molar-refractivity contribution in [1.29, 1.82) is 0 Å². The van der Waals surface area contributed by atoms with Crippen molar-refractivity contribution in [3.05, 3.63) is 53.6 Å². The van der Waals surface area contributed by atoms with Crippen molar-refractivity contribution in [2.75, 3.05) is 78.3 Å². The number of methoxy groups -OCH3 is 2. The van der Waals surface area contributed by atoms with Gasteiger partial charge in [0.05, 0.1) is 56.8 Å². The summed E-state index contributed by atoms with van der Waals surface area (Å²) in [5, 5.41) is 19.8. The second kappa shape index (κ2) is 17.4. The molecule has 2 N–H and O–H groups in total. The summed E-state index contributed by atoms with van der Waals surface area (Å²) in [5.74, 6) is 1.37. The molecule has 1 saturated heterocycles. The first-order chi connectivity index (χ1) is 21.4. The van der Waals surface area contributed by atoms with Gasteiger partial charge in [0.25, 0.3) is 0 Å². The Kier molecular flexibility index (Phi) is 13.4. The van der Waals surface area contributed by atoms with Crippen LogP contribution in [0.3, 0.4) is 0 Å². The third-order valence-corrected chi connectivity index (χ3v) is 7.99. The zero-order chi connectivity index (χ0) is 31.3. The van der Waals surface area contributed by atoms with E-state index in [0.29, 0.717) is 46.1 Å². The summed E-state index contributed by atoms with van der Waals surface area (Å²) >= 11 is 0. The fourth-order valence-electron chi connectivity index (χ4n) is 5.69. The predicted molar refractivity (Wildman–Crippen MR) is 166 cm³/mol. The number of hydrogen-bond donors (Lipinski definition) is 2. The summed E-state index contributed by atoms with van der Waals surface area (Å²) in [7, 11) is 3.38. The molecule has 2 heterocycles. The fraction of sp³-hybridized carbons (Fsp3) is 0.606. The van der Waals surface area contributed by atoms with E-state index < -0.39 is 24.4 Å². The van der Waals surface area contributed by atoms with Crippen molar-refractivity contribution in [2.24, 2.45) is 0 Å². The molecule has 0 unspecified atom stereocenters. The van der Waals surface area contributed by atoms with Crippen LogP contribution >= 0.6 is 0 Å². The summed E-state index contributed by atoms with van der Waals surface area (Å²) in [6.45, 7) is 6.93. The predicted octanol–water partition coefficient (Wildman–Crippen LogP) is 4.16. The molecule has 244 valence electrons. The molecule has 1 fully saturated rings. The van der Waals surface area contributed by atoms with E-state index in [-0.39, 0.29) is 19.0 Å². The molecule has 4 atom stereocenters. The maximum atomic E-state index is 12.2. The van der Waals surface area contributed by atoms with Crippen LogP contribution in [-0.4, -0.2) is 113 Å². The third kappa shape index (κ3) is 9.70. The van der Waals surface area contributed by atoms with E-state index in [4.69, 9.17) is 28.4 Å². The van der Waals surface area contributed by atoms with Crippen LogP contribution in [-0.2, 0) is 25.6 Å². The van der Waals surface area contributed by atoms with Gasteiger partial charge in [-0.05, 0) is 55.2 Å². The van der Waals surface area contributed by atoms with Crippen LogP contribution in [0.4, 0.5) is 10.5 Å². The molecule has 0 aliphatic carbocycles. The molecule has 2 aliphatic rings. The molecular formula is C33H48N2O9. The Bertz CT molecular complexity index is 1150. The number of carboxylic acid groups (broad SMARTS) is 1. The summed E-state index contributed by atoms with van der Waals surface area (Å²) in [6, 6.07) is 13.9. The zero-order valence-electron chi connectivity index (χ0n) is 26.2. The molecule has 11 heteroatoms. The molecule has 1 amide bonds. The number of rotatable bonds is 17. The van der Waals surface area contributed by atoms with Gasteiger partial charge in [0.15, 0.2) is 0 Å². The molecule has 44 heavy (non-hydrogen) atoms. The first-order valence-electron chi connectivity index (χ1n) is 15.5. The number of piperidine rings is 1. The Morgan fingerprint density at radius 1 is 0.977 bits per heavy atom. The minimum atomic E-state index is -1.02. The normalized spacial score (nSPS) is 20.6. The number of aliphatic hydroxyl groups excluding tert-OH is 1. The lowest BCUT2D eigenvalue weighted by molar-refractivity contribution is -0.0921. The monoisotopic (exact) mass is 616 g/mol. The minimum absolute atomic E-state index is 0.210. The number of aliphatic hydroxyl groups is 1. The molecule has 2 aromatic carbocycles. The zero-order valence-corrected chi connectivity index (χ0v) is 26.2. The van der Waals surface area contributed by atoms with Gasteiger partial charge in [0.2, 0.25) is 0 Å². The number of likely N-dealkylation sites (tertiary alicyclic amines) is 1. The van der Waals surface area contributed by atoms with Gasteiger partial charge >= 0.3 is 6.09 Å². The molecule has 2 aliphatic heterocycles. The number of ether oxygens (including phenoxy) is 6. The van der Waals surface area contributed by atoms with Crippen LogP contribution in [0.25, 0.3) is 0 Å². The highest BCUT2D eigenvalue weighted by Crippen LogP contribution is 2.36. The Balaban J connectivity index is 1.53. The molecule has 0 bridgehead atoms. The van der Waals surface area contributed by atoms with E-state index in [0.717, 1.165) is 54.2 Å². The minimum Gasteiger partial charge on any atom is -0.494 e. The topological polar surface area (TPSA) is 119 Å². The Morgan fingerprint density at radius 2 is 1.70 bits per heavy atom. The van der Waals surface area contributed by atoms with Crippen LogP contribution in [0.5, 0.6) is 11.5 Å². The summed E-state index contributed by atoms with van der Waals surface area (Å²) in [6.07, 6.45) is -0.288. The van der Waals surface area contributed by atoms with Gasteiger partial charge in [-0.15, -0.1) is 0 Å². The van der Waals surface area contributed by atoms with E-state index in [9.17, 15) is 15.0 Å². The van der Waals surface area contributed by atoms with Crippen LogP contribution in [0.1, 0.15) is 43.2 Å². The number of nitrogens with zero attached hydrogens (tertiary/aromatic N) is 2. The Labute approximate surface area is 260 Å². The molecule has 0 radical (unpaired) electrons. The number of fused-ring (bicyclic) bond motifs is 1. The first kappa shape index (κ1) is 33.8. The highest BCUT2D eigenvalue weighted by atomic mass is 16.5. The maximum absolute atomic E-state index is 12.2. The van der Waals surface area contributed by atoms with Gasteiger partial charge < -0.3 is 48.4 Å². The number of hydrogen-bond acceptors (Lipinski definition) is 9. The van der Waals surface area contributed by atoms with Gasteiger partial charge in [-0.1, -0.05) is 18.2 Å². The van der Waals surface area contributed by atoms with Crippen molar-refractivity contribution >= 4 is 11.8 Å². The lowest BCUT2D eigenvalue weighted by Gasteiger charge is -2.42. The second-order valence-corrected chi connectivity index (χ2v) is 11.4. The standard InChI is InChI=1S/C33H48N2O9/c1-24(36)12-18-42-30-21-35(33(37)38)22-31(32(30)26-7-9-27(10-8-26)41-17-5-16-40-3)44-23-25-6-11-29-28(20-25)34(14-19-43-29)13-4-15-39-2/h6-11,20,24,30-32,36H,4-5,12-19,21-23H2,1-3H3,(H,37,38)/t24-,30+,31-,32-/m0/s1. The number of benzene rings is 2. The molecule has 4 rings (SSSR count). The summed E-state index contributed by atoms with van der Waals surface area (Å²) < 4.78 is 34.9. The van der Waals surface area contributed by atoms with Crippen LogP contribution < -0.4 is 14.4 Å². The number of amides is 1. The molecule has 0 spiro atoms. The van der Waals surface area contributed by atoms with E-state index in [1.54, 1.807) is 21.1 Å². The first-order valence-corrected chi connectivity index (χ1v) is 15.5. The number of carbonyl (C=O) groups is 1. The van der Waals surface area contributed by atoms with Crippen molar-refractivity contribution in [3.63, 3.8) is 0 Å². The molecule has 0 aromatic heterocycles. The molecule has 2 aromatic rings. The highest BCUT2D eigenvalue weighted by Gasteiger charge is 2.41. The van der Waals surface area contributed by atoms with Crippen LogP contribution in [0.2, 0.25) is 0 Å². The lowest BCUT2D eigenvalue weighted by Crippen LogP contribution is -2.54. The largest absolute Gasteiger partial charge is 0.494 e. The van der Waals surface area contributed by atoms with Crippen molar-refractivity contribution in [2.45, 2.75) is 57.0 Å². The van der Waals surface area contributed by atoms with E-state index in [2.05, 4.69) is 11.0 Å². The fourth-order valence-corrected chi connectivity index (χ4v) is 5.69. The quantitative estimate of drug-likeness (QED) is 0.251. The molecular weight excluding hydrogens is 568 g/mol. The lowest BCUT2D eigenvalue weighted by atomic mass is 9.84. The van der Waals surface area contributed by atoms with Crippen molar-refractivity contribution in [3.8, 4) is 11.5 Å². The summed E-state index contributed by atoms with van der Waals surface area (Å²) in [5.41, 5.74) is 2.99. The van der Waals surface area contributed by atoms with Crippen LogP contribution in [0, 0.1) is 0 Å². The van der Waals surface area contributed by atoms with Gasteiger partial charge in [0.1, 0.15) is 18.1 Å². The van der Waals surface area contributed by atoms with Gasteiger partial charge in [-0.2, -0.15) is 0 Å². The SMILES string of the molecule is COCCCOc1ccc([C@@H]2[C@@H](OCc3ccc4c(c3)N(CCCOC)CCO4)CN(C(=O)O)C[C@H]2OCC[C@H](C)O)cc1. The van der Waals surface area contributed by atoms with Gasteiger partial charge in [-0.3, -0.25) is 0 Å². The average Bonchev–Trinajstić information content (AvgIpc) is 3.02. The van der Waals surface area contributed by atoms with Gasteiger partial charge in [-0.25, -0.2) is 4.79 Å². The summed E-state index contributed by atoms with van der Waals surface area (Å²) in [4.78, 5) is 15.8. The van der Waals surface area contributed by atoms with E-state index in [1.165, 1.54) is 4.90 Å². The molecule has 0 saturated carbocycles. The third-order valence-electron chi connectivity index (χ3n) is 7.99. The highest BCUT2D eigenvalue weighted by molar-refractivity contribution is 5.65. The Morgan fingerprint density at radius 3 is 2.41 bits per heavy atom. The Hall–Kier alpha value is -3.09. The van der Waals surface area contributed by atoms with Gasteiger partial charge in [0, 0.05) is 52.9 Å². The molecule has 11 nitrogen and oxygen atoms in total. The van der Waals surface area contributed by atoms with E-state index in [1.807, 2.05) is 36.4 Å². The smallest absolute Gasteiger partial charge is 0.407 e. The number of anilines is 1. The van der Waals surface area contributed by atoms with E-state index >= 15 is 0 Å². The maximum Gasteiger partial charge on any atom is 0.407 e. The second-order valence-electron chi connectivity index (χ2n) is 11.4. The van der Waals surface area contributed by atoms with Crippen molar-refractivity contribution in [1.82, 2.24) is 4.90 Å². The van der Waals surface area contributed by atoms with Crippen LogP contribution in [0.15, 0.2) is 42.5 Å². The average molecular weight is 617 g/mol. The van der Waals surface area contributed by atoms with Crippen molar-refractivity contribution < 1.29 is 43.4 Å².